The Bertz CT molecular complexity index is 296. The lowest BCUT2D eigenvalue weighted by Gasteiger charge is -2.05. The highest BCUT2D eigenvalue weighted by Gasteiger charge is 1.97. The Morgan fingerprint density at radius 1 is 1.18 bits per heavy atom. The van der Waals surface area contributed by atoms with Crippen molar-refractivity contribution in [3.63, 3.8) is 0 Å². The average Bonchev–Trinajstić information content (AvgIpc) is 2.68. The molecule has 0 aliphatic heterocycles. The standard InChI is InChI=1S/C14H24ClNS/c1-12(2)7-5-3-4-6-10-16-11-13-8-9-14(15)17-13/h8-9,12,16H,3-7,10-11H2,1-2H3. The van der Waals surface area contributed by atoms with Crippen LogP contribution in [0.3, 0.4) is 0 Å². The van der Waals surface area contributed by atoms with Gasteiger partial charge in [0.25, 0.3) is 0 Å². The number of hydrogen-bond donors (Lipinski definition) is 1. The van der Waals surface area contributed by atoms with Crippen molar-refractivity contribution in [2.24, 2.45) is 5.92 Å². The second-order valence-corrected chi connectivity index (χ2v) is 6.78. The topological polar surface area (TPSA) is 12.0 Å². The summed E-state index contributed by atoms with van der Waals surface area (Å²) in [4.78, 5) is 1.33. The smallest absolute Gasteiger partial charge is 0.0931 e. The maximum absolute atomic E-state index is 5.87. The minimum atomic E-state index is 0.858. The van der Waals surface area contributed by atoms with Gasteiger partial charge in [0.1, 0.15) is 0 Å². The summed E-state index contributed by atoms with van der Waals surface area (Å²) in [6.45, 7) is 6.68. The monoisotopic (exact) mass is 273 g/mol. The number of rotatable bonds is 9. The summed E-state index contributed by atoms with van der Waals surface area (Å²) < 4.78 is 0.885. The van der Waals surface area contributed by atoms with E-state index >= 15 is 0 Å². The van der Waals surface area contributed by atoms with Crippen molar-refractivity contribution in [1.82, 2.24) is 5.32 Å². The van der Waals surface area contributed by atoms with Gasteiger partial charge in [0.15, 0.2) is 0 Å². The number of thiophene rings is 1. The SMILES string of the molecule is CC(C)CCCCCCNCc1ccc(Cl)s1. The minimum absolute atomic E-state index is 0.858. The van der Waals surface area contributed by atoms with Crippen LogP contribution in [-0.2, 0) is 6.54 Å². The summed E-state index contributed by atoms with van der Waals surface area (Å²) in [5, 5.41) is 3.47. The lowest BCUT2D eigenvalue weighted by atomic mass is 10.0. The van der Waals surface area contributed by atoms with E-state index in [0.29, 0.717) is 0 Å². The van der Waals surface area contributed by atoms with Gasteiger partial charge in [0, 0.05) is 11.4 Å². The van der Waals surface area contributed by atoms with E-state index in [4.69, 9.17) is 11.6 Å². The molecule has 1 rings (SSSR count). The molecule has 0 aliphatic rings. The van der Waals surface area contributed by atoms with Crippen molar-refractivity contribution < 1.29 is 0 Å². The molecule has 1 heterocycles. The van der Waals surface area contributed by atoms with Crippen molar-refractivity contribution in [1.29, 1.82) is 0 Å². The summed E-state index contributed by atoms with van der Waals surface area (Å²) >= 11 is 7.54. The third-order valence-corrected chi connectivity index (χ3v) is 4.04. The van der Waals surface area contributed by atoms with Crippen LogP contribution in [0.25, 0.3) is 0 Å². The van der Waals surface area contributed by atoms with Gasteiger partial charge in [-0.3, -0.25) is 0 Å². The third-order valence-electron chi connectivity index (χ3n) is 2.81. The van der Waals surface area contributed by atoms with E-state index in [1.54, 1.807) is 11.3 Å². The molecule has 1 N–H and O–H groups in total. The van der Waals surface area contributed by atoms with Crippen LogP contribution >= 0.6 is 22.9 Å². The molecule has 0 unspecified atom stereocenters. The van der Waals surface area contributed by atoms with Crippen LogP contribution in [0.2, 0.25) is 4.34 Å². The van der Waals surface area contributed by atoms with E-state index in [0.717, 1.165) is 23.3 Å². The molecular weight excluding hydrogens is 250 g/mol. The first kappa shape index (κ1) is 15.0. The van der Waals surface area contributed by atoms with Gasteiger partial charge in [-0.25, -0.2) is 0 Å². The molecule has 0 aliphatic carbocycles. The summed E-state index contributed by atoms with van der Waals surface area (Å²) in [6, 6.07) is 4.07. The van der Waals surface area contributed by atoms with E-state index in [-0.39, 0.29) is 0 Å². The molecule has 98 valence electrons. The highest BCUT2D eigenvalue weighted by atomic mass is 35.5. The van der Waals surface area contributed by atoms with Crippen LogP contribution in [0.5, 0.6) is 0 Å². The van der Waals surface area contributed by atoms with E-state index in [2.05, 4.69) is 25.2 Å². The molecule has 1 aromatic rings. The number of halogens is 1. The van der Waals surface area contributed by atoms with Gasteiger partial charge >= 0.3 is 0 Å². The van der Waals surface area contributed by atoms with Crippen molar-refractivity contribution in [3.05, 3.63) is 21.3 Å². The molecule has 1 nitrogen and oxygen atoms in total. The highest BCUT2D eigenvalue weighted by Crippen LogP contribution is 2.20. The largest absolute Gasteiger partial charge is 0.312 e. The second-order valence-electron chi connectivity index (χ2n) is 4.98. The lowest BCUT2D eigenvalue weighted by Crippen LogP contribution is -2.13. The van der Waals surface area contributed by atoms with E-state index in [9.17, 15) is 0 Å². The van der Waals surface area contributed by atoms with E-state index in [1.165, 1.54) is 37.0 Å². The van der Waals surface area contributed by atoms with Gasteiger partial charge in [0.2, 0.25) is 0 Å². The lowest BCUT2D eigenvalue weighted by molar-refractivity contribution is 0.512. The van der Waals surface area contributed by atoms with Crippen molar-refractivity contribution in [2.75, 3.05) is 6.54 Å². The summed E-state index contributed by atoms with van der Waals surface area (Å²) in [7, 11) is 0. The summed E-state index contributed by atoms with van der Waals surface area (Å²) in [5.41, 5.74) is 0. The molecule has 0 spiro atoms. The number of unbranched alkanes of at least 4 members (excludes halogenated alkanes) is 3. The first-order valence-corrected chi connectivity index (χ1v) is 7.83. The Balaban J connectivity index is 1.88. The Morgan fingerprint density at radius 3 is 2.59 bits per heavy atom. The summed E-state index contributed by atoms with van der Waals surface area (Å²) in [6.07, 6.45) is 6.78. The second kappa shape index (κ2) is 8.96. The summed E-state index contributed by atoms with van der Waals surface area (Å²) in [5.74, 6) is 0.858. The molecule has 0 fully saturated rings. The normalized spacial score (nSPS) is 11.3. The van der Waals surface area contributed by atoms with Crippen molar-refractivity contribution in [3.8, 4) is 0 Å². The Labute approximate surface area is 115 Å². The molecule has 0 bridgehead atoms. The first-order valence-electron chi connectivity index (χ1n) is 6.63. The zero-order chi connectivity index (χ0) is 12.5. The van der Waals surface area contributed by atoms with Crippen molar-refractivity contribution >= 4 is 22.9 Å². The van der Waals surface area contributed by atoms with Gasteiger partial charge in [-0.05, 0) is 31.0 Å². The van der Waals surface area contributed by atoms with Crippen LogP contribution in [0.4, 0.5) is 0 Å². The Hall–Kier alpha value is -0.0500. The fourth-order valence-electron chi connectivity index (χ4n) is 1.81. The maximum Gasteiger partial charge on any atom is 0.0931 e. The third kappa shape index (κ3) is 7.80. The van der Waals surface area contributed by atoms with Gasteiger partial charge in [-0.15, -0.1) is 11.3 Å². The van der Waals surface area contributed by atoms with Crippen LogP contribution in [0, 0.1) is 5.92 Å². The van der Waals surface area contributed by atoms with Gasteiger partial charge in [0.05, 0.1) is 4.34 Å². The van der Waals surface area contributed by atoms with E-state index < -0.39 is 0 Å². The first-order chi connectivity index (χ1) is 8.18. The van der Waals surface area contributed by atoms with Crippen LogP contribution < -0.4 is 5.32 Å². The number of nitrogens with one attached hydrogen (secondary N) is 1. The fraction of sp³-hybridized carbons (Fsp3) is 0.714. The predicted octanol–water partition coefficient (Wildman–Crippen LogP) is 5.10. The van der Waals surface area contributed by atoms with Gasteiger partial charge < -0.3 is 5.32 Å². The average molecular weight is 274 g/mol. The highest BCUT2D eigenvalue weighted by molar-refractivity contribution is 7.16. The van der Waals surface area contributed by atoms with Crippen LogP contribution in [0.15, 0.2) is 12.1 Å². The maximum atomic E-state index is 5.87. The molecule has 0 saturated carbocycles. The van der Waals surface area contributed by atoms with Crippen molar-refractivity contribution in [2.45, 2.75) is 52.5 Å². The number of hydrogen-bond acceptors (Lipinski definition) is 2. The van der Waals surface area contributed by atoms with Gasteiger partial charge in [-0.1, -0.05) is 51.1 Å². The molecule has 17 heavy (non-hydrogen) atoms. The molecule has 0 radical (unpaired) electrons. The Morgan fingerprint density at radius 2 is 1.94 bits per heavy atom. The van der Waals surface area contributed by atoms with Gasteiger partial charge in [-0.2, -0.15) is 0 Å². The predicted molar refractivity (Wildman–Crippen MR) is 79.0 cm³/mol. The zero-order valence-electron chi connectivity index (χ0n) is 11.0. The van der Waals surface area contributed by atoms with E-state index in [1.807, 2.05) is 6.07 Å². The molecule has 0 atom stereocenters. The van der Waals surface area contributed by atoms with Crippen LogP contribution in [0.1, 0.15) is 50.8 Å². The zero-order valence-corrected chi connectivity index (χ0v) is 12.5. The molecular formula is C14H24ClNS. The molecule has 0 aromatic carbocycles. The molecule has 3 heteroatoms. The van der Waals surface area contributed by atoms with Crippen LogP contribution in [-0.4, -0.2) is 6.54 Å². The molecule has 1 aromatic heterocycles. The fourth-order valence-corrected chi connectivity index (χ4v) is 2.87. The Kier molecular flexibility index (Phi) is 7.91. The quantitative estimate of drug-likeness (QED) is 0.618. The molecule has 0 amide bonds. The minimum Gasteiger partial charge on any atom is -0.312 e. The molecule has 0 saturated heterocycles.